The van der Waals surface area contributed by atoms with Crippen molar-refractivity contribution in [2.24, 2.45) is 5.41 Å². The molecule has 46 heavy (non-hydrogen) atoms. The van der Waals surface area contributed by atoms with Gasteiger partial charge in [-0.15, -0.1) is 6.58 Å². The summed E-state index contributed by atoms with van der Waals surface area (Å²) in [7, 11) is -3.51. The van der Waals surface area contributed by atoms with Crippen molar-refractivity contribution in [2.45, 2.75) is 83.0 Å². The SMILES string of the molecule is C=CCON(C1CN(C(=O)OC(C)(C)C)C(CC(C)(C)C(O[SiH2]C)O[SiH2]C)C=C1C(=O)N(C)C)S(=O)(=O)c1ccccc1[N+](=O)[O-]. The van der Waals surface area contributed by atoms with Gasteiger partial charge in [-0.1, -0.05) is 55.7 Å². The second kappa shape index (κ2) is 16.3. The second-order valence-corrected chi connectivity index (χ2v) is 16.1. The molecule has 1 aromatic carbocycles. The fourth-order valence-corrected chi connectivity index (χ4v) is 8.45. The van der Waals surface area contributed by atoms with Gasteiger partial charge in [0.2, 0.25) is 0 Å². The van der Waals surface area contributed by atoms with Gasteiger partial charge in [-0.3, -0.25) is 24.6 Å². The highest BCUT2D eigenvalue weighted by Gasteiger charge is 2.47. The van der Waals surface area contributed by atoms with E-state index in [1.807, 2.05) is 26.9 Å². The Hall–Kier alpha value is -2.94. The molecule has 1 aliphatic rings. The van der Waals surface area contributed by atoms with Gasteiger partial charge in [-0.05, 0) is 33.3 Å². The van der Waals surface area contributed by atoms with Crippen LogP contribution in [0.2, 0.25) is 13.1 Å². The fourth-order valence-electron chi connectivity index (χ4n) is 4.99. The van der Waals surface area contributed by atoms with E-state index in [0.717, 1.165) is 12.1 Å². The normalized spacial score (nSPS) is 18.7. The summed E-state index contributed by atoms with van der Waals surface area (Å²) in [5.74, 6) is -0.535. The molecule has 1 aromatic rings. The third kappa shape index (κ3) is 9.79. The average molecular weight is 701 g/mol. The van der Waals surface area contributed by atoms with Gasteiger partial charge in [0.25, 0.3) is 21.6 Å². The summed E-state index contributed by atoms with van der Waals surface area (Å²) in [6.45, 7) is 15.9. The van der Waals surface area contributed by atoms with Crippen LogP contribution in [0.5, 0.6) is 0 Å². The van der Waals surface area contributed by atoms with Crippen molar-refractivity contribution >= 4 is 47.2 Å². The number of hydroxylamine groups is 1. The van der Waals surface area contributed by atoms with E-state index >= 15 is 0 Å². The first kappa shape index (κ1) is 39.2. The zero-order valence-corrected chi connectivity index (χ0v) is 31.9. The summed E-state index contributed by atoms with van der Waals surface area (Å²) in [5.41, 5.74) is -2.20. The predicted molar refractivity (Wildman–Crippen MR) is 179 cm³/mol. The van der Waals surface area contributed by atoms with Crippen molar-refractivity contribution < 1.29 is 41.4 Å². The van der Waals surface area contributed by atoms with E-state index < -0.39 is 86.4 Å². The van der Waals surface area contributed by atoms with Crippen LogP contribution < -0.4 is 0 Å². The monoisotopic (exact) mass is 700 g/mol. The van der Waals surface area contributed by atoms with Crippen LogP contribution in [-0.2, 0) is 33.2 Å². The molecule has 0 aromatic heterocycles. The lowest BCUT2D eigenvalue weighted by Gasteiger charge is -2.45. The van der Waals surface area contributed by atoms with Crippen molar-refractivity contribution in [1.29, 1.82) is 0 Å². The van der Waals surface area contributed by atoms with E-state index in [1.54, 1.807) is 26.8 Å². The molecule has 2 atom stereocenters. The molecule has 258 valence electrons. The van der Waals surface area contributed by atoms with Crippen LogP contribution in [0, 0.1) is 15.5 Å². The molecule has 0 spiro atoms. The van der Waals surface area contributed by atoms with Gasteiger partial charge in [0.15, 0.2) is 24.4 Å². The number of rotatable bonds is 15. The van der Waals surface area contributed by atoms with Crippen LogP contribution in [0.4, 0.5) is 10.5 Å². The minimum Gasteiger partial charge on any atom is -0.444 e. The number of carbonyl (C=O) groups excluding carboxylic acids is 2. The zero-order chi connectivity index (χ0) is 35.0. The topological polar surface area (TPSA) is 158 Å². The predicted octanol–water partition coefficient (Wildman–Crippen LogP) is 2.75. The molecule has 17 heteroatoms. The number of ether oxygens (including phenoxy) is 1. The van der Waals surface area contributed by atoms with E-state index in [1.165, 1.54) is 42.1 Å². The van der Waals surface area contributed by atoms with Gasteiger partial charge in [0, 0.05) is 37.7 Å². The van der Waals surface area contributed by atoms with Crippen molar-refractivity contribution in [3.05, 3.63) is 58.7 Å². The highest BCUT2D eigenvalue weighted by molar-refractivity contribution is 7.89. The van der Waals surface area contributed by atoms with Gasteiger partial charge >= 0.3 is 6.09 Å². The Labute approximate surface area is 276 Å². The van der Waals surface area contributed by atoms with Gasteiger partial charge in [0.05, 0.1) is 23.6 Å². The highest BCUT2D eigenvalue weighted by Crippen LogP contribution is 2.37. The van der Waals surface area contributed by atoms with E-state index in [4.69, 9.17) is 18.4 Å². The lowest BCUT2D eigenvalue weighted by Crippen LogP contribution is -2.58. The van der Waals surface area contributed by atoms with Gasteiger partial charge < -0.3 is 18.5 Å². The molecule has 2 unspecified atom stereocenters. The number of hydrogen-bond acceptors (Lipinski definition) is 10. The van der Waals surface area contributed by atoms with Crippen LogP contribution in [-0.4, -0.2) is 110 Å². The van der Waals surface area contributed by atoms with Crippen molar-refractivity contribution in [1.82, 2.24) is 14.3 Å². The molecule has 0 fully saturated rings. The first-order valence-electron chi connectivity index (χ1n) is 15.0. The molecule has 14 nitrogen and oxygen atoms in total. The van der Waals surface area contributed by atoms with Crippen LogP contribution in [0.15, 0.2) is 53.5 Å². The van der Waals surface area contributed by atoms with Crippen LogP contribution in [0.3, 0.4) is 0 Å². The molecule has 0 N–H and O–H groups in total. The number of sulfonamides is 1. The largest absolute Gasteiger partial charge is 0.444 e. The Morgan fingerprint density at radius 1 is 1.15 bits per heavy atom. The molecular weight excluding hydrogens is 653 g/mol. The van der Waals surface area contributed by atoms with Crippen LogP contribution in [0.1, 0.15) is 41.0 Å². The summed E-state index contributed by atoms with van der Waals surface area (Å²) < 4.78 is 46.8. The maximum Gasteiger partial charge on any atom is 0.410 e. The van der Waals surface area contributed by atoms with E-state index in [2.05, 4.69) is 6.58 Å². The van der Waals surface area contributed by atoms with Crippen LogP contribution in [0.25, 0.3) is 0 Å². The second-order valence-electron chi connectivity index (χ2n) is 12.5. The summed E-state index contributed by atoms with van der Waals surface area (Å²) >= 11 is 0. The van der Waals surface area contributed by atoms with E-state index in [-0.39, 0.29) is 25.1 Å². The van der Waals surface area contributed by atoms with Crippen molar-refractivity contribution in [3.63, 3.8) is 0 Å². The molecule has 2 rings (SSSR count). The Morgan fingerprint density at radius 3 is 2.24 bits per heavy atom. The number of nitrogens with zero attached hydrogens (tertiary/aromatic N) is 4. The lowest BCUT2D eigenvalue weighted by molar-refractivity contribution is -0.388. The van der Waals surface area contributed by atoms with Crippen LogP contribution >= 0.6 is 0 Å². The van der Waals surface area contributed by atoms with Gasteiger partial charge in [0.1, 0.15) is 11.9 Å². The molecule has 0 radical (unpaired) electrons. The Kier molecular flexibility index (Phi) is 13.9. The Bertz CT molecular complexity index is 1390. The molecule has 0 saturated heterocycles. The van der Waals surface area contributed by atoms with Crippen molar-refractivity contribution in [2.75, 3.05) is 27.2 Å². The number of carbonyl (C=O) groups is 2. The maximum absolute atomic E-state index is 14.2. The number of likely N-dealkylation sites (N-methyl/N-ethyl adjacent to an activating group) is 1. The molecule has 0 bridgehead atoms. The van der Waals surface area contributed by atoms with E-state index in [9.17, 15) is 28.1 Å². The molecule has 1 heterocycles. The number of para-hydroxylation sites is 1. The Balaban J connectivity index is 2.86. The van der Waals surface area contributed by atoms with Gasteiger partial charge in [-0.2, -0.15) is 0 Å². The zero-order valence-electron chi connectivity index (χ0n) is 28.2. The maximum atomic E-state index is 14.2. The summed E-state index contributed by atoms with van der Waals surface area (Å²) in [4.78, 5) is 46.3. The van der Waals surface area contributed by atoms with Gasteiger partial charge in [-0.25, -0.2) is 13.2 Å². The lowest BCUT2D eigenvalue weighted by atomic mass is 9.82. The fraction of sp³-hybridized carbons (Fsp3) is 0.586. The standard InChI is InChI=1S/C29H48N4O10SSi2/c1-11-16-40-33(44(38,39)24-15-13-12-14-22(24)32(36)37)23-19-31(27(35)41-28(2,3)4)20(17-21(23)25(34)30(7)8)18-29(5,6)26(42-45-9)43-46-10/h11-15,17,20,23,26H,1,16,18-19,45-46H2,2-10H3. The number of nitro benzene ring substituents is 1. The number of benzene rings is 1. The quantitative estimate of drug-likeness (QED) is 0.0876. The third-order valence-corrected chi connectivity index (χ3v) is 9.95. The minimum atomic E-state index is -4.81. The third-order valence-electron chi connectivity index (χ3n) is 6.94. The summed E-state index contributed by atoms with van der Waals surface area (Å²) in [6.07, 6.45) is 1.84. The molecule has 2 amide bonds. The molecule has 0 saturated carbocycles. The molecular formula is C29H48N4O10SSi2. The smallest absolute Gasteiger partial charge is 0.410 e. The summed E-state index contributed by atoms with van der Waals surface area (Å²) in [6, 6.07) is 2.67. The molecule has 0 aliphatic carbocycles. The number of amides is 2. The summed E-state index contributed by atoms with van der Waals surface area (Å²) in [5, 5.41) is 11.8. The van der Waals surface area contributed by atoms with E-state index in [0.29, 0.717) is 4.47 Å². The number of nitro groups is 1. The number of hydrogen-bond donors (Lipinski definition) is 0. The molecule has 1 aliphatic heterocycles. The minimum absolute atomic E-state index is 0.0185. The van der Waals surface area contributed by atoms with Crippen molar-refractivity contribution in [3.8, 4) is 0 Å². The average Bonchev–Trinajstić information content (AvgIpc) is 2.95. The first-order chi connectivity index (χ1) is 21.3. The Morgan fingerprint density at radius 2 is 1.74 bits per heavy atom. The first-order valence-corrected chi connectivity index (χ1v) is 20.4. The highest BCUT2D eigenvalue weighted by atomic mass is 32.2.